The minimum Gasteiger partial charge on any atom is -0.456 e. The van der Waals surface area contributed by atoms with E-state index in [-0.39, 0.29) is 32.3 Å². The van der Waals surface area contributed by atoms with Gasteiger partial charge in [0.05, 0.1) is 32.3 Å². The zero-order valence-corrected chi connectivity index (χ0v) is 31.5. The van der Waals surface area contributed by atoms with Gasteiger partial charge in [-0.15, -0.1) is 0 Å². The lowest BCUT2D eigenvalue weighted by molar-refractivity contribution is -0.274. The molecule has 3 heterocycles. The maximum Gasteiger partial charge on any atom is 0.312 e. The Hall–Kier alpha value is -6.72. The number of ether oxygens (including phenoxy) is 5. The standard InChI is InChI=1S/C47H40N2O9/c50-41(21-30-19-17-28-9-1-3-11-34(28)30)55-40-27-54-47(58-44(53)22-31-20-18-29-10-2-4-12-35(29)31)46(57-43(52)24-33-26-49-39-16-8-6-14-37(33)39)45(40)56-42(51)23-32-25-48-38-15-7-5-13-36(32)38/h1-16,19-20,25-26,40,45-49H,17-18,21-24,27H2/t40-,45-,46-,47-/m1/s1. The van der Waals surface area contributed by atoms with Crippen molar-refractivity contribution >= 4 is 56.8 Å². The molecule has 11 heteroatoms. The number of carbonyl (C=O) groups is 4. The average Bonchev–Trinajstić information content (AvgIpc) is 4.03. The van der Waals surface area contributed by atoms with Crippen molar-refractivity contribution in [3.8, 4) is 0 Å². The molecule has 4 atom stereocenters. The molecular formula is C47H40N2O9. The van der Waals surface area contributed by atoms with Crippen LogP contribution >= 0.6 is 0 Å². The number of aromatic amines is 2. The van der Waals surface area contributed by atoms with Gasteiger partial charge in [-0.05, 0) is 69.5 Å². The zero-order valence-electron chi connectivity index (χ0n) is 31.5. The first-order chi connectivity index (χ1) is 28.4. The van der Waals surface area contributed by atoms with Crippen LogP contribution in [0.2, 0.25) is 0 Å². The minimum atomic E-state index is -1.49. The van der Waals surface area contributed by atoms with Crippen LogP contribution in [0, 0.1) is 0 Å². The molecule has 58 heavy (non-hydrogen) atoms. The van der Waals surface area contributed by atoms with Gasteiger partial charge in [0.25, 0.3) is 0 Å². The number of fused-ring (bicyclic) bond motifs is 4. The molecule has 2 aliphatic carbocycles. The number of nitrogens with one attached hydrogen (secondary N) is 2. The van der Waals surface area contributed by atoms with Crippen LogP contribution in [0.3, 0.4) is 0 Å². The fourth-order valence-electron chi connectivity index (χ4n) is 8.20. The number of allylic oxidation sites excluding steroid dienone is 2. The number of hydrogen-bond acceptors (Lipinski definition) is 9. The molecule has 11 nitrogen and oxygen atoms in total. The maximum atomic E-state index is 13.9. The van der Waals surface area contributed by atoms with Crippen molar-refractivity contribution in [2.24, 2.45) is 0 Å². The van der Waals surface area contributed by atoms with Gasteiger partial charge in [0.1, 0.15) is 0 Å². The van der Waals surface area contributed by atoms with E-state index in [1.807, 2.05) is 109 Å². The van der Waals surface area contributed by atoms with Crippen molar-refractivity contribution in [3.63, 3.8) is 0 Å². The van der Waals surface area contributed by atoms with E-state index >= 15 is 0 Å². The Kier molecular flexibility index (Phi) is 10.2. The van der Waals surface area contributed by atoms with E-state index in [1.165, 1.54) is 0 Å². The molecule has 6 aromatic rings. The molecule has 1 saturated heterocycles. The van der Waals surface area contributed by atoms with Crippen molar-refractivity contribution in [1.82, 2.24) is 9.97 Å². The van der Waals surface area contributed by atoms with Crippen LogP contribution in [0.5, 0.6) is 0 Å². The second-order valence-electron chi connectivity index (χ2n) is 14.7. The number of benzene rings is 4. The summed E-state index contributed by atoms with van der Waals surface area (Å²) < 4.78 is 30.3. The minimum absolute atomic E-state index is 0.0382. The van der Waals surface area contributed by atoms with Crippen LogP contribution < -0.4 is 0 Å². The van der Waals surface area contributed by atoms with Gasteiger partial charge in [0.15, 0.2) is 12.2 Å². The number of hydrogen-bond donors (Lipinski definition) is 2. The number of esters is 4. The third-order valence-electron chi connectivity index (χ3n) is 11.0. The third kappa shape index (κ3) is 7.68. The molecule has 2 aromatic heterocycles. The van der Waals surface area contributed by atoms with Gasteiger partial charge >= 0.3 is 23.9 Å². The van der Waals surface area contributed by atoms with Crippen molar-refractivity contribution in [3.05, 3.63) is 155 Å². The van der Waals surface area contributed by atoms with Crippen LogP contribution in [0.15, 0.2) is 122 Å². The molecular weight excluding hydrogens is 737 g/mol. The summed E-state index contributed by atoms with van der Waals surface area (Å²) >= 11 is 0. The SMILES string of the molecule is O=C(CC1=CCc2ccccc21)O[C@H]1OC[C@@H](OC(=O)CC2=CCc3ccccc32)[C@@H](OC(=O)Cc2c[nH]c3ccccc23)[C@H]1OC(=O)Cc1c[nH]c2ccccc12. The first kappa shape index (κ1) is 36.9. The Morgan fingerprint density at radius 1 is 0.534 bits per heavy atom. The molecule has 4 aromatic carbocycles. The second-order valence-corrected chi connectivity index (χ2v) is 14.7. The van der Waals surface area contributed by atoms with Crippen LogP contribution in [0.25, 0.3) is 33.0 Å². The highest BCUT2D eigenvalue weighted by Crippen LogP contribution is 2.34. The molecule has 1 aliphatic heterocycles. The Morgan fingerprint density at radius 2 is 1.00 bits per heavy atom. The molecule has 0 amide bonds. The summed E-state index contributed by atoms with van der Waals surface area (Å²) in [7, 11) is 0. The highest BCUT2D eigenvalue weighted by Gasteiger charge is 2.49. The van der Waals surface area contributed by atoms with E-state index in [1.54, 1.807) is 12.4 Å². The molecule has 0 saturated carbocycles. The summed E-state index contributed by atoms with van der Waals surface area (Å²) in [5.74, 6) is -2.57. The van der Waals surface area contributed by atoms with Gasteiger partial charge in [-0.1, -0.05) is 97.1 Å². The largest absolute Gasteiger partial charge is 0.456 e. The van der Waals surface area contributed by atoms with Gasteiger partial charge in [-0.25, -0.2) is 0 Å². The number of rotatable bonds is 12. The Balaban J connectivity index is 0.996. The van der Waals surface area contributed by atoms with Gasteiger partial charge in [0.2, 0.25) is 12.4 Å². The lowest BCUT2D eigenvalue weighted by atomic mass is 10.0. The summed E-state index contributed by atoms with van der Waals surface area (Å²) in [5, 5.41) is 1.68. The lowest BCUT2D eigenvalue weighted by Crippen LogP contribution is -2.58. The van der Waals surface area contributed by atoms with Gasteiger partial charge in [-0.3, -0.25) is 19.2 Å². The van der Waals surface area contributed by atoms with Crippen LogP contribution in [-0.2, 0) is 68.5 Å². The van der Waals surface area contributed by atoms with E-state index < -0.39 is 48.5 Å². The predicted octanol–water partition coefficient (Wildman–Crippen LogP) is 7.13. The summed E-state index contributed by atoms with van der Waals surface area (Å²) in [5.41, 5.74) is 8.83. The van der Waals surface area contributed by atoms with Crippen LogP contribution in [0.4, 0.5) is 0 Å². The topological polar surface area (TPSA) is 146 Å². The number of H-pyrrole nitrogens is 2. The Bertz CT molecular complexity index is 2440. The summed E-state index contributed by atoms with van der Waals surface area (Å²) in [6.07, 6.45) is 2.86. The molecule has 0 bridgehead atoms. The quantitative estimate of drug-likeness (QED) is 0.0980. The van der Waals surface area contributed by atoms with E-state index in [4.69, 9.17) is 23.7 Å². The number of aromatic nitrogens is 2. The fourth-order valence-corrected chi connectivity index (χ4v) is 8.20. The zero-order chi connectivity index (χ0) is 39.6. The summed E-state index contributed by atoms with van der Waals surface area (Å²) in [6.45, 7) is -0.299. The molecule has 0 unspecified atom stereocenters. The first-order valence-electron chi connectivity index (χ1n) is 19.4. The lowest BCUT2D eigenvalue weighted by Gasteiger charge is -2.40. The van der Waals surface area contributed by atoms with E-state index in [0.29, 0.717) is 24.0 Å². The number of para-hydroxylation sites is 2. The van der Waals surface area contributed by atoms with Crippen molar-refractivity contribution < 1.29 is 42.9 Å². The summed E-state index contributed by atoms with van der Waals surface area (Å²) in [4.78, 5) is 61.4. The van der Waals surface area contributed by atoms with E-state index in [2.05, 4.69) is 9.97 Å². The molecule has 292 valence electrons. The monoisotopic (exact) mass is 776 g/mol. The normalized spacial score (nSPS) is 19.5. The smallest absolute Gasteiger partial charge is 0.312 e. The molecule has 3 aliphatic rings. The van der Waals surface area contributed by atoms with Crippen molar-refractivity contribution in [2.75, 3.05) is 6.61 Å². The first-order valence-corrected chi connectivity index (χ1v) is 19.4. The maximum absolute atomic E-state index is 13.9. The van der Waals surface area contributed by atoms with E-state index in [0.717, 1.165) is 55.2 Å². The van der Waals surface area contributed by atoms with E-state index in [9.17, 15) is 19.2 Å². The average molecular weight is 777 g/mol. The number of carbonyl (C=O) groups excluding carboxylic acids is 4. The molecule has 0 radical (unpaired) electrons. The Morgan fingerprint density at radius 3 is 1.57 bits per heavy atom. The van der Waals surface area contributed by atoms with Crippen molar-refractivity contribution in [2.45, 2.75) is 63.1 Å². The summed E-state index contributed by atoms with van der Waals surface area (Å²) in [6, 6.07) is 30.8. The van der Waals surface area contributed by atoms with Gasteiger partial charge in [-0.2, -0.15) is 0 Å². The second kappa shape index (κ2) is 16.0. The molecule has 9 rings (SSSR count). The van der Waals surface area contributed by atoms with Crippen LogP contribution in [-0.4, -0.2) is 65.1 Å². The third-order valence-corrected chi connectivity index (χ3v) is 11.0. The highest BCUT2D eigenvalue weighted by atomic mass is 16.7. The Labute approximate surface area is 333 Å². The van der Waals surface area contributed by atoms with Gasteiger partial charge in [0, 0.05) is 34.2 Å². The fraction of sp³-hybridized carbons (Fsp3) is 0.234. The van der Waals surface area contributed by atoms with Crippen LogP contribution in [0.1, 0.15) is 46.2 Å². The van der Waals surface area contributed by atoms with Gasteiger partial charge < -0.3 is 33.7 Å². The predicted molar refractivity (Wildman–Crippen MR) is 215 cm³/mol. The molecule has 0 spiro atoms. The van der Waals surface area contributed by atoms with Crippen molar-refractivity contribution in [1.29, 1.82) is 0 Å². The molecule has 2 N–H and O–H groups in total. The molecule has 1 fully saturated rings. The highest BCUT2D eigenvalue weighted by molar-refractivity contribution is 5.90.